The van der Waals surface area contributed by atoms with Gasteiger partial charge in [-0.15, -0.1) is 0 Å². The number of hydrogen-bond donors (Lipinski definition) is 0. The number of rotatable bonds is 3. The normalized spacial score (nSPS) is 7.42. The standard InChI is InChI=1S/C7H10O.2C2H6/c1-3-4-5-6-7(2)8;2*1-2/h3-5H,1,6H2,2H3;2*1-2H3/b5-4-;;. The highest BCUT2D eigenvalue weighted by molar-refractivity contribution is 5.76. The molecule has 0 aliphatic carbocycles. The number of hydrogen-bond acceptors (Lipinski definition) is 1. The Morgan fingerprint density at radius 2 is 1.67 bits per heavy atom. The van der Waals surface area contributed by atoms with E-state index in [1.807, 2.05) is 27.7 Å². The SMILES string of the molecule is C=C/C=C\CC(C)=O.CC.CC. The van der Waals surface area contributed by atoms with E-state index in [0.29, 0.717) is 6.42 Å². The van der Waals surface area contributed by atoms with Gasteiger partial charge in [-0.2, -0.15) is 0 Å². The Morgan fingerprint density at radius 1 is 1.25 bits per heavy atom. The molecule has 72 valence electrons. The molecule has 0 amide bonds. The lowest BCUT2D eigenvalue weighted by Gasteiger charge is -1.78. The summed E-state index contributed by atoms with van der Waals surface area (Å²) in [7, 11) is 0. The highest BCUT2D eigenvalue weighted by Gasteiger charge is 1.82. The fourth-order valence-electron chi connectivity index (χ4n) is 0.330. The van der Waals surface area contributed by atoms with Gasteiger partial charge in [0.25, 0.3) is 0 Å². The summed E-state index contributed by atoms with van der Waals surface area (Å²) >= 11 is 0. The Kier molecular flexibility index (Phi) is 32.4. The molecular formula is C11H22O. The van der Waals surface area contributed by atoms with Crippen LogP contribution in [-0.4, -0.2) is 5.78 Å². The minimum absolute atomic E-state index is 0.183. The van der Waals surface area contributed by atoms with Gasteiger partial charge in [0.05, 0.1) is 0 Å². The van der Waals surface area contributed by atoms with Gasteiger partial charge in [-0.25, -0.2) is 0 Å². The quantitative estimate of drug-likeness (QED) is 0.589. The molecule has 0 saturated carbocycles. The van der Waals surface area contributed by atoms with Crippen molar-refractivity contribution in [1.29, 1.82) is 0 Å². The summed E-state index contributed by atoms with van der Waals surface area (Å²) in [6.07, 6.45) is 5.73. The lowest BCUT2D eigenvalue weighted by atomic mass is 10.3. The van der Waals surface area contributed by atoms with Crippen molar-refractivity contribution < 1.29 is 4.79 Å². The number of Topliss-reactive ketones (excluding diaryl/α,β-unsaturated/α-hetero) is 1. The van der Waals surface area contributed by atoms with Crippen molar-refractivity contribution in [1.82, 2.24) is 0 Å². The molecule has 0 aliphatic rings. The van der Waals surface area contributed by atoms with Crippen molar-refractivity contribution in [2.45, 2.75) is 41.0 Å². The van der Waals surface area contributed by atoms with Crippen molar-refractivity contribution >= 4 is 5.78 Å². The minimum atomic E-state index is 0.183. The van der Waals surface area contributed by atoms with Crippen molar-refractivity contribution in [3.63, 3.8) is 0 Å². The van der Waals surface area contributed by atoms with Gasteiger partial charge in [0.15, 0.2) is 0 Å². The summed E-state index contributed by atoms with van der Waals surface area (Å²) in [6.45, 7) is 13.0. The van der Waals surface area contributed by atoms with Crippen LogP contribution in [0.3, 0.4) is 0 Å². The number of carbonyl (C=O) groups is 1. The van der Waals surface area contributed by atoms with Gasteiger partial charge >= 0.3 is 0 Å². The maximum absolute atomic E-state index is 10.2. The second-order valence-corrected chi connectivity index (χ2v) is 1.57. The molecule has 0 rings (SSSR count). The van der Waals surface area contributed by atoms with Crippen molar-refractivity contribution in [3.8, 4) is 0 Å². The number of ketones is 1. The zero-order chi connectivity index (χ0) is 10.4. The molecule has 0 bridgehead atoms. The summed E-state index contributed by atoms with van der Waals surface area (Å²) in [5.41, 5.74) is 0. The summed E-state index contributed by atoms with van der Waals surface area (Å²) < 4.78 is 0. The second-order valence-electron chi connectivity index (χ2n) is 1.57. The van der Waals surface area contributed by atoms with E-state index in [9.17, 15) is 4.79 Å². The molecule has 0 atom stereocenters. The second kappa shape index (κ2) is 22.5. The summed E-state index contributed by atoms with van der Waals surface area (Å²) in [6, 6.07) is 0. The van der Waals surface area contributed by atoms with E-state index in [-0.39, 0.29) is 5.78 Å². The van der Waals surface area contributed by atoms with Gasteiger partial charge in [-0.3, -0.25) is 4.79 Å². The lowest BCUT2D eigenvalue weighted by Crippen LogP contribution is -1.82. The zero-order valence-electron chi connectivity index (χ0n) is 9.05. The third kappa shape index (κ3) is 35.3. The molecule has 0 aromatic heterocycles. The van der Waals surface area contributed by atoms with E-state index in [1.165, 1.54) is 0 Å². The largest absolute Gasteiger partial charge is 0.300 e. The summed E-state index contributed by atoms with van der Waals surface area (Å²) in [4.78, 5) is 10.2. The van der Waals surface area contributed by atoms with Crippen molar-refractivity contribution in [2.24, 2.45) is 0 Å². The van der Waals surface area contributed by atoms with E-state index in [1.54, 1.807) is 25.2 Å². The van der Waals surface area contributed by atoms with Gasteiger partial charge in [0.2, 0.25) is 0 Å². The van der Waals surface area contributed by atoms with Crippen molar-refractivity contribution in [3.05, 3.63) is 24.8 Å². The maximum atomic E-state index is 10.2. The summed E-state index contributed by atoms with van der Waals surface area (Å²) in [5, 5.41) is 0. The van der Waals surface area contributed by atoms with Gasteiger partial charge in [-0.05, 0) is 6.92 Å². The van der Waals surface area contributed by atoms with E-state index < -0.39 is 0 Å². The maximum Gasteiger partial charge on any atom is 0.133 e. The molecule has 0 heterocycles. The predicted octanol–water partition coefficient (Wildman–Crippen LogP) is 3.76. The van der Waals surface area contributed by atoms with Gasteiger partial charge in [-0.1, -0.05) is 52.5 Å². The third-order valence-electron chi connectivity index (χ3n) is 0.677. The molecule has 1 nitrogen and oxygen atoms in total. The molecule has 12 heavy (non-hydrogen) atoms. The highest BCUT2D eigenvalue weighted by atomic mass is 16.1. The van der Waals surface area contributed by atoms with Crippen LogP contribution in [-0.2, 0) is 4.79 Å². The Hall–Kier alpha value is -0.850. The lowest BCUT2D eigenvalue weighted by molar-refractivity contribution is -0.116. The minimum Gasteiger partial charge on any atom is -0.300 e. The molecule has 1 heteroatoms. The summed E-state index contributed by atoms with van der Waals surface area (Å²) in [5.74, 6) is 0.183. The highest BCUT2D eigenvalue weighted by Crippen LogP contribution is 1.83. The smallest absolute Gasteiger partial charge is 0.133 e. The Bertz CT molecular complexity index is 112. The Labute approximate surface area is 77.2 Å². The molecule has 0 spiro atoms. The van der Waals surface area contributed by atoms with Crippen LogP contribution in [0.15, 0.2) is 24.8 Å². The number of carbonyl (C=O) groups excluding carboxylic acids is 1. The van der Waals surface area contributed by atoms with E-state index in [4.69, 9.17) is 0 Å². The molecule has 0 radical (unpaired) electrons. The van der Waals surface area contributed by atoms with Crippen LogP contribution in [0.2, 0.25) is 0 Å². The third-order valence-corrected chi connectivity index (χ3v) is 0.677. The van der Waals surface area contributed by atoms with E-state index >= 15 is 0 Å². The van der Waals surface area contributed by atoms with Crippen LogP contribution in [0, 0.1) is 0 Å². The molecule has 0 aromatic rings. The van der Waals surface area contributed by atoms with Crippen LogP contribution in [0.5, 0.6) is 0 Å². The van der Waals surface area contributed by atoms with Crippen LogP contribution in [0.1, 0.15) is 41.0 Å². The van der Waals surface area contributed by atoms with Crippen molar-refractivity contribution in [2.75, 3.05) is 0 Å². The topological polar surface area (TPSA) is 17.1 Å². The van der Waals surface area contributed by atoms with Crippen LogP contribution in [0.4, 0.5) is 0 Å². The molecule has 0 aliphatic heterocycles. The molecular weight excluding hydrogens is 148 g/mol. The molecule has 0 fully saturated rings. The molecule has 0 unspecified atom stereocenters. The van der Waals surface area contributed by atoms with Gasteiger partial charge in [0, 0.05) is 6.42 Å². The first kappa shape index (κ1) is 17.3. The fraction of sp³-hybridized carbons (Fsp3) is 0.545. The fourth-order valence-corrected chi connectivity index (χ4v) is 0.330. The van der Waals surface area contributed by atoms with E-state index in [2.05, 4.69) is 6.58 Å². The zero-order valence-corrected chi connectivity index (χ0v) is 9.05. The monoisotopic (exact) mass is 170 g/mol. The first-order valence-corrected chi connectivity index (χ1v) is 4.54. The van der Waals surface area contributed by atoms with Crippen LogP contribution >= 0.6 is 0 Å². The van der Waals surface area contributed by atoms with Crippen LogP contribution in [0.25, 0.3) is 0 Å². The first-order valence-electron chi connectivity index (χ1n) is 4.54. The number of allylic oxidation sites excluding steroid dienone is 3. The van der Waals surface area contributed by atoms with Crippen LogP contribution < -0.4 is 0 Å². The Morgan fingerprint density at radius 3 is 1.92 bits per heavy atom. The average molecular weight is 170 g/mol. The predicted molar refractivity (Wildman–Crippen MR) is 57.3 cm³/mol. The average Bonchev–Trinajstić information content (AvgIpc) is 2.12. The molecule has 0 aromatic carbocycles. The van der Waals surface area contributed by atoms with Gasteiger partial charge in [0.1, 0.15) is 5.78 Å². The van der Waals surface area contributed by atoms with E-state index in [0.717, 1.165) is 0 Å². The van der Waals surface area contributed by atoms with Gasteiger partial charge < -0.3 is 0 Å². The molecule has 0 saturated heterocycles. The first-order chi connectivity index (χ1) is 5.77. The Balaban J connectivity index is -0.000000175. The molecule has 0 N–H and O–H groups in total.